The predicted molar refractivity (Wildman–Crippen MR) is 87.9 cm³/mol. The molecule has 0 aliphatic carbocycles. The summed E-state index contributed by atoms with van der Waals surface area (Å²) >= 11 is 0. The largest absolute Gasteiger partial charge is 0.480 e. The second-order valence-corrected chi connectivity index (χ2v) is 5.58. The van der Waals surface area contributed by atoms with Crippen molar-refractivity contribution in [1.82, 2.24) is 5.32 Å². The van der Waals surface area contributed by atoms with Crippen LogP contribution in [0.5, 0.6) is 0 Å². The molecule has 0 aliphatic heterocycles. The van der Waals surface area contributed by atoms with E-state index in [0.717, 1.165) is 32.5 Å². The molecule has 0 fully saturated rings. The molecule has 4 heteroatoms. The Morgan fingerprint density at radius 1 is 1.29 bits per heavy atom. The lowest BCUT2D eigenvalue weighted by Gasteiger charge is -2.29. The van der Waals surface area contributed by atoms with Crippen LogP contribution in [0.15, 0.2) is 30.3 Å². The Balaban J connectivity index is 2.54. The van der Waals surface area contributed by atoms with Crippen molar-refractivity contribution in [2.75, 3.05) is 24.5 Å². The van der Waals surface area contributed by atoms with E-state index in [1.807, 2.05) is 25.1 Å². The van der Waals surface area contributed by atoms with Crippen molar-refractivity contribution in [2.24, 2.45) is 0 Å². The van der Waals surface area contributed by atoms with Crippen molar-refractivity contribution in [2.45, 2.75) is 45.6 Å². The molecule has 1 atom stereocenters. The quantitative estimate of drug-likeness (QED) is 0.695. The average Bonchev–Trinajstić information content (AvgIpc) is 2.50. The summed E-state index contributed by atoms with van der Waals surface area (Å²) in [6.45, 7) is 8.48. The Hall–Kier alpha value is -1.55. The number of carboxylic acids is 1. The molecule has 1 aromatic rings. The van der Waals surface area contributed by atoms with Crippen molar-refractivity contribution in [3.05, 3.63) is 30.3 Å². The number of rotatable bonds is 10. The standard InChI is InChI=1S/C17H28N2O2/c1-4-13-18-17(3,16(20)21)12-9-14-19(5-2)15-10-7-6-8-11-15/h6-8,10-11,18H,4-5,9,12-14H2,1-3H3,(H,20,21). The molecule has 21 heavy (non-hydrogen) atoms. The van der Waals surface area contributed by atoms with Gasteiger partial charge < -0.3 is 15.3 Å². The van der Waals surface area contributed by atoms with E-state index >= 15 is 0 Å². The third-order valence-corrected chi connectivity index (χ3v) is 3.85. The highest BCUT2D eigenvalue weighted by Gasteiger charge is 2.31. The molecule has 0 amide bonds. The summed E-state index contributed by atoms with van der Waals surface area (Å²) < 4.78 is 0. The van der Waals surface area contributed by atoms with Crippen LogP contribution >= 0.6 is 0 Å². The van der Waals surface area contributed by atoms with Gasteiger partial charge in [0.2, 0.25) is 0 Å². The van der Waals surface area contributed by atoms with Crippen LogP contribution in [0.2, 0.25) is 0 Å². The van der Waals surface area contributed by atoms with Crippen molar-refractivity contribution >= 4 is 11.7 Å². The lowest BCUT2D eigenvalue weighted by Crippen LogP contribution is -2.50. The van der Waals surface area contributed by atoms with Gasteiger partial charge >= 0.3 is 5.97 Å². The molecule has 1 unspecified atom stereocenters. The third-order valence-electron chi connectivity index (χ3n) is 3.85. The lowest BCUT2D eigenvalue weighted by atomic mass is 9.95. The summed E-state index contributed by atoms with van der Waals surface area (Å²) in [6.07, 6.45) is 2.42. The maximum atomic E-state index is 11.5. The number of nitrogens with zero attached hydrogens (tertiary/aromatic N) is 1. The fourth-order valence-corrected chi connectivity index (χ4v) is 2.40. The Morgan fingerprint density at radius 2 is 1.95 bits per heavy atom. The normalized spacial score (nSPS) is 13.7. The van der Waals surface area contributed by atoms with Gasteiger partial charge in [0.25, 0.3) is 0 Å². The summed E-state index contributed by atoms with van der Waals surface area (Å²) in [5.41, 5.74) is 0.366. The zero-order valence-electron chi connectivity index (χ0n) is 13.4. The first-order valence-electron chi connectivity index (χ1n) is 7.82. The number of hydrogen-bond donors (Lipinski definition) is 2. The van der Waals surface area contributed by atoms with E-state index in [1.165, 1.54) is 5.69 Å². The van der Waals surface area contributed by atoms with Gasteiger partial charge in [-0.1, -0.05) is 25.1 Å². The molecule has 0 heterocycles. The Morgan fingerprint density at radius 3 is 2.48 bits per heavy atom. The summed E-state index contributed by atoms with van der Waals surface area (Å²) in [5.74, 6) is -0.765. The van der Waals surface area contributed by atoms with Crippen LogP contribution < -0.4 is 10.2 Å². The highest BCUT2D eigenvalue weighted by molar-refractivity contribution is 5.78. The molecule has 0 radical (unpaired) electrons. The first-order valence-corrected chi connectivity index (χ1v) is 7.82. The summed E-state index contributed by atoms with van der Waals surface area (Å²) in [4.78, 5) is 13.7. The molecular formula is C17H28N2O2. The Kier molecular flexibility index (Phi) is 7.23. The predicted octanol–water partition coefficient (Wildman–Crippen LogP) is 3.14. The van der Waals surface area contributed by atoms with Crippen molar-refractivity contribution < 1.29 is 9.90 Å². The van der Waals surface area contributed by atoms with Gasteiger partial charge in [0.1, 0.15) is 5.54 Å². The zero-order chi connectivity index (χ0) is 15.7. The minimum atomic E-state index is -0.827. The Labute approximate surface area is 128 Å². The minimum Gasteiger partial charge on any atom is -0.480 e. The molecule has 0 saturated carbocycles. The van der Waals surface area contributed by atoms with Gasteiger partial charge in [-0.2, -0.15) is 0 Å². The Bertz CT molecular complexity index is 422. The number of carboxylic acid groups (broad SMARTS) is 1. The molecule has 0 bridgehead atoms. The van der Waals surface area contributed by atoms with Gasteiger partial charge in [-0.25, -0.2) is 0 Å². The molecule has 0 aromatic heterocycles. The van der Waals surface area contributed by atoms with Crippen molar-refractivity contribution in [1.29, 1.82) is 0 Å². The molecule has 4 nitrogen and oxygen atoms in total. The fraction of sp³-hybridized carbons (Fsp3) is 0.588. The number of benzene rings is 1. The van der Waals surface area contributed by atoms with Crippen molar-refractivity contribution in [3.63, 3.8) is 0 Å². The maximum Gasteiger partial charge on any atom is 0.323 e. The number of aliphatic carboxylic acids is 1. The number of hydrogen-bond acceptors (Lipinski definition) is 3. The first kappa shape index (κ1) is 17.5. The van der Waals surface area contributed by atoms with E-state index in [0.29, 0.717) is 6.42 Å². The SMILES string of the molecule is CCCNC(C)(CCCN(CC)c1ccccc1)C(=O)O. The van der Waals surface area contributed by atoms with E-state index in [1.54, 1.807) is 6.92 Å². The highest BCUT2D eigenvalue weighted by atomic mass is 16.4. The summed E-state index contributed by atoms with van der Waals surface area (Å²) in [6, 6.07) is 10.3. The molecule has 2 N–H and O–H groups in total. The minimum absolute atomic E-state index is 0.631. The number of anilines is 1. The van der Waals surface area contributed by atoms with Crippen LogP contribution in [0, 0.1) is 0 Å². The molecule has 0 spiro atoms. The van der Waals surface area contributed by atoms with Crippen LogP contribution in [-0.4, -0.2) is 36.2 Å². The van der Waals surface area contributed by atoms with Gasteiger partial charge in [0.05, 0.1) is 0 Å². The van der Waals surface area contributed by atoms with E-state index in [9.17, 15) is 9.90 Å². The zero-order valence-corrected chi connectivity index (χ0v) is 13.4. The second-order valence-electron chi connectivity index (χ2n) is 5.58. The molecule has 1 rings (SSSR count). The van der Waals surface area contributed by atoms with Crippen LogP contribution in [-0.2, 0) is 4.79 Å². The van der Waals surface area contributed by atoms with E-state index in [4.69, 9.17) is 0 Å². The van der Waals surface area contributed by atoms with Gasteiger partial charge in [-0.05, 0) is 51.8 Å². The van der Waals surface area contributed by atoms with E-state index < -0.39 is 11.5 Å². The summed E-state index contributed by atoms with van der Waals surface area (Å²) in [7, 11) is 0. The molecular weight excluding hydrogens is 264 g/mol. The fourth-order valence-electron chi connectivity index (χ4n) is 2.40. The van der Waals surface area contributed by atoms with Crippen LogP contribution in [0.3, 0.4) is 0 Å². The number of carbonyl (C=O) groups is 1. The summed E-state index contributed by atoms with van der Waals surface area (Å²) in [5, 5.41) is 12.6. The van der Waals surface area contributed by atoms with E-state index in [2.05, 4.69) is 29.3 Å². The lowest BCUT2D eigenvalue weighted by molar-refractivity contribution is -0.144. The van der Waals surface area contributed by atoms with Crippen molar-refractivity contribution in [3.8, 4) is 0 Å². The molecule has 0 saturated heterocycles. The number of nitrogens with one attached hydrogen (secondary N) is 1. The van der Waals surface area contributed by atoms with Gasteiger partial charge in [-0.15, -0.1) is 0 Å². The van der Waals surface area contributed by atoms with Gasteiger partial charge in [-0.3, -0.25) is 4.79 Å². The monoisotopic (exact) mass is 292 g/mol. The third kappa shape index (κ3) is 5.38. The van der Waals surface area contributed by atoms with E-state index in [-0.39, 0.29) is 0 Å². The molecule has 0 aliphatic rings. The smallest absolute Gasteiger partial charge is 0.323 e. The molecule has 118 valence electrons. The average molecular weight is 292 g/mol. The first-order chi connectivity index (χ1) is 10.0. The van der Waals surface area contributed by atoms with Crippen LogP contribution in [0.4, 0.5) is 5.69 Å². The second kappa shape index (κ2) is 8.67. The van der Waals surface area contributed by atoms with Gasteiger partial charge in [0.15, 0.2) is 0 Å². The topological polar surface area (TPSA) is 52.6 Å². The van der Waals surface area contributed by atoms with Gasteiger partial charge in [0, 0.05) is 18.8 Å². The van der Waals surface area contributed by atoms with Crippen LogP contribution in [0.1, 0.15) is 40.0 Å². The highest BCUT2D eigenvalue weighted by Crippen LogP contribution is 2.17. The van der Waals surface area contributed by atoms with Crippen LogP contribution in [0.25, 0.3) is 0 Å². The number of para-hydroxylation sites is 1. The molecule has 1 aromatic carbocycles. The maximum absolute atomic E-state index is 11.5.